The first-order chi connectivity index (χ1) is 7.36. The Labute approximate surface area is 89.3 Å². The van der Waals surface area contributed by atoms with Crippen molar-refractivity contribution in [1.29, 1.82) is 0 Å². The second kappa shape index (κ2) is 6.92. The number of hydrogen-bond donors (Lipinski definition) is 0. The summed E-state index contributed by atoms with van der Waals surface area (Å²) in [5, 5.41) is 3.51. The fourth-order valence-electron chi connectivity index (χ4n) is 1.38. The molecule has 1 heterocycles. The van der Waals surface area contributed by atoms with Crippen molar-refractivity contribution in [1.82, 2.24) is 4.90 Å². The lowest BCUT2D eigenvalue weighted by Gasteiger charge is -2.18. The molecule has 0 amide bonds. The van der Waals surface area contributed by atoms with Gasteiger partial charge in [-0.25, -0.2) is 0 Å². The highest BCUT2D eigenvalue weighted by Crippen LogP contribution is 2.05. The highest BCUT2D eigenvalue weighted by Gasteiger charge is 2.04. The van der Waals surface area contributed by atoms with Crippen LogP contribution in [0, 0.1) is 0 Å². The molecule has 0 N–H and O–H groups in total. The van der Waals surface area contributed by atoms with Crippen molar-refractivity contribution in [3.8, 4) is 0 Å². The second-order valence-corrected chi connectivity index (χ2v) is 3.26. The lowest BCUT2D eigenvalue weighted by molar-refractivity contribution is 0.254. The van der Waals surface area contributed by atoms with Crippen molar-refractivity contribution in [3.05, 3.63) is 34.6 Å². The van der Waals surface area contributed by atoms with E-state index in [-0.39, 0.29) is 0 Å². The van der Waals surface area contributed by atoms with Gasteiger partial charge in [0.15, 0.2) is 0 Å². The van der Waals surface area contributed by atoms with E-state index in [0.717, 1.165) is 31.8 Å². The Balaban J connectivity index is 2.26. The Morgan fingerprint density at radius 2 is 2.47 bits per heavy atom. The smallest absolute Gasteiger partial charge is 0.117 e. The Morgan fingerprint density at radius 1 is 1.60 bits per heavy atom. The predicted molar refractivity (Wildman–Crippen MR) is 58.3 cm³/mol. The molecule has 0 unspecified atom stereocenters. The average molecular weight is 208 g/mol. The van der Waals surface area contributed by atoms with Gasteiger partial charge in [-0.05, 0) is 37.2 Å². The van der Waals surface area contributed by atoms with Crippen LogP contribution in [0.25, 0.3) is 10.4 Å². The molecular weight excluding hydrogens is 192 g/mol. The maximum Gasteiger partial charge on any atom is 0.117 e. The van der Waals surface area contributed by atoms with Crippen molar-refractivity contribution in [2.24, 2.45) is 5.11 Å². The van der Waals surface area contributed by atoms with Gasteiger partial charge in [0.1, 0.15) is 5.76 Å². The summed E-state index contributed by atoms with van der Waals surface area (Å²) in [5.74, 6) is 0.973. The van der Waals surface area contributed by atoms with Gasteiger partial charge in [-0.1, -0.05) is 12.0 Å². The quantitative estimate of drug-likeness (QED) is 0.299. The van der Waals surface area contributed by atoms with Gasteiger partial charge in [-0.15, -0.1) is 0 Å². The van der Waals surface area contributed by atoms with Gasteiger partial charge >= 0.3 is 0 Å². The average Bonchev–Trinajstić information content (AvgIpc) is 2.75. The van der Waals surface area contributed by atoms with E-state index < -0.39 is 0 Å². The van der Waals surface area contributed by atoms with Crippen molar-refractivity contribution in [3.63, 3.8) is 0 Å². The number of rotatable bonds is 7. The Hall–Kier alpha value is -1.45. The zero-order valence-electron chi connectivity index (χ0n) is 8.96. The first-order valence-electron chi connectivity index (χ1n) is 5.12. The molecule has 0 fully saturated rings. The van der Waals surface area contributed by atoms with E-state index >= 15 is 0 Å². The standard InChI is InChI=1S/C10H16N4O/c1-2-14(7-4-6-12-13-11)9-10-5-3-8-15-10/h3,5,8H,2,4,6-7,9H2,1H3. The fourth-order valence-corrected chi connectivity index (χ4v) is 1.38. The topological polar surface area (TPSA) is 65.1 Å². The Bertz CT molecular complexity index is 303. The molecule has 0 aromatic carbocycles. The first-order valence-corrected chi connectivity index (χ1v) is 5.12. The highest BCUT2D eigenvalue weighted by atomic mass is 16.3. The summed E-state index contributed by atoms with van der Waals surface area (Å²) in [7, 11) is 0. The predicted octanol–water partition coefficient (Wildman–Crippen LogP) is 2.80. The summed E-state index contributed by atoms with van der Waals surface area (Å²) in [6.45, 7) is 5.38. The maximum atomic E-state index is 8.13. The normalized spacial score (nSPS) is 10.3. The van der Waals surface area contributed by atoms with Crippen LogP contribution in [0.4, 0.5) is 0 Å². The molecule has 5 heteroatoms. The van der Waals surface area contributed by atoms with Gasteiger partial charge in [0.2, 0.25) is 0 Å². The summed E-state index contributed by atoms with van der Waals surface area (Å²) in [6.07, 6.45) is 2.57. The van der Waals surface area contributed by atoms with Crippen LogP contribution in [0.15, 0.2) is 27.9 Å². The maximum absolute atomic E-state index is 8.13. The van der Waals surface area contributed by atoms with E-state index in [2.05, 4.69) is 21.8 Å². The van der Waals surface area contributed by atoms with E-state index in [9.17, 15) is 0 Å². The molecule has 5 nitrogen and oxygen atoms in total. The molecule has 82 valence electrons. The third-order valence-corrected chi connectivity index (χ3v) is 2.20. The molecule has 0 bridgehead atoms. The minimum absolute atomic E-state index is 0.561. The first kappa shape index (κ1) is 11.6. The molecule has 0 aliphatic carbocycles. The lowest BCUT2D eigenvalue weighted by atomic mass is 10.3. The van der Waals surface area contributed by atoms with Crippen LogP contribution in [0.1, 0.15) is 19.1 Å². The molecule has 1 aromatic rings. The van der Waals surface area contributed by atoms with Crippen molar-refractivity contribution < 1.29 is 4.42 Å². The van der Waals surface area contributed by atoms with Crippen LogP contribution >= 0.6 is 0 Å². The van der Waals surface area contributed by atoms with Crippen LogP contribution in [-0.4, -0.2) is 24.5 Å². The van der Waals surface area contributed by atoms with E-state index in [0.29, 0.717) is 6.54 Å². The van der Waals surface area contributed by atoms with E-state index in [4.69, 9.17) is 9.95 Å². The van der Waals surface area contributed by atoms with E-state index in [1.165, 1.54) is 0 Å². The van der Waals surface area contributed by atoms with Gasteiger partial charge in [0.05, 0.1) is 12.8 Å². The number of azide groups is 1. The van der Waals surface area contributed by atoms with Gasteiger partial charge in [-0.2, -0.15) is 0 Å². The summed E-state index contributed by atoms with van der Waals surface area (Å²) in [5.41, 5.74) is 8.13. The number of hydrogen-bond acceptors (Lipinski definition) is 3. The van der Waals surface area contributed by atoms with Crippen LogP contribution in [-0.2, 0) is 6.54 Å². The van der Waals surface area contributed by atoms with Crippen LogP contribution in [0.5, 0.6) is 0 Å². The minimum atomic E-state index is 0.561. The summed E-state index contributed by atoms with van der Waals surface area (Å²) in [6, 6.07) is 3.86. The molecule has 1 rings (SSSR count). The molecule has 0 saturated carbocycles. The van der Waals surface area contributed by atoms with Crippen molar-refractivity contribution in [2.45, 2.75) is 19.9 Å². The van der Waals surface area contributed by atoms with E-state index in [1.807, 2.05) is 12.1 Å². The van der Waals surface area contributed by atoms with Gasteiger partial charge < -0.3 is 4.42 Å². The molecule has 0 saturated heterocycles. The lowest BCUT2D eigenvalue weighted by Crippen LogP contribution is -2.24. The molecule has 15 heavy (non-hydrogen) atoms. The molecule has 1 aromatic heterocycles. The summed E-state index contributed by atoms with van der Waals surface area (Å²) in [4.78, 5) is 4.98. The highest BCUT2D eigenvalue weighted by molar-refractivity contribution is 4.97. The molecule has 0 radical (unpaired) electrons. The zero-order valence-corrected chi connectivity index (χ0v) is 8.96. The molecule has 0 spiro atoms. The Kier molecular flexibility index (Phi) is 5.37. The van der Waals surface area contributed by atoms with Crippen molar-refractivity contribution >= 4 is 0 Å². The molecule has 0 atom stereocenters. The Morgan fingerprint density at radius 3 is 3.07 bits per heavy atom. The van der Waals surface area contributed by atoms with Crippen molar-refractivity contribution in [2.75, 3.05) is 19.6 Å². The van der Waals surface area contributed by atoms with Gasteiger partial charge in [-0.3, -0.25) is 4.90 Å². The zero-order chi connectivity index (χ0) is 10.9. The number of nitrogens with zero attached hydrogens (tertiary/aromatic N) is 4. The SMILES string of the molecule is CCN(CCCN=[N+]=[N-])Cc1ccco1. The fraction of sp³-hybridized carbons (Fsp3) is 0.600. The van der Waals surface area contributed by atoms with Gasteiger partial charge in [0, 0.05) is 11.5 Å². The van der Waals surface area contributed by atoms with Gasteiger partial charge in [0.25, 0.3) is 0 Å². The molecule has 0 aliphatic rings. The largest absolute Gasteiger partial charge is 0.468 e. The summed E-state index contributed by atoms with van der Waals surface area (Å²) >= 11 is 0. The van der Waals surface area contributed by atoms with Crippen LogP contribution in [0.2, 0.25) is 0 Å². The molecule has 0 aliphatic heterocycles. The van der Waals surface area contributed by atoms with Crippen LogP contribution < -0.4 is 0 Å². The summed E-state index contributed by atoms with van der Waals surface area (Å²) < 4.78 is 5.27. The third kappa shape index (κ3) is 4.54. The second-order valence-electron chi connectivity index (χ2n) is 3.26. The minimum Gasteiger partial charge on any atom is -0.468 e. The monoisotopic (exact) mass is 208 g/mol. The number of furan rings is 1. The molecular formula is C10H16N4O. The van der Waals surface area contributed by atoms with Crippen LogP contribution in [0.3, 0.4) is 0 Å². The third-order valence-electron chi connectivity index (χ3n) is 2.20. The van der Waals surface area contributed by atoms with E-state index in [1.54, 1.807) is 6.26 Å².